The van der Waals surface area contributed by atoms with Crippen LogP contribution in [0.2, 0.25) is 0 Å². The van der Waals surface area contributed by atoms with E-state index in [2.05, 4.69) is 25.9 Å². The molecule has 0 saturated carbocycles. The topological polar surface area (TPSA) is 298 Å². The third-order valence-electron chi connectivity index (χ3n) is 6.95. The first-order chi connectivity index (χ1) is 22.3. The SMILES string of the molecule is CC(C)C[C@H](NC(=O)[C@H](Cc1ccc(OCCCC(=O)NCCCC(O)(P(=O)(O)O)P(=O)(O)O)cc1)NC(=O)c1cnccn1)B(O)O. The van der Waals surface area contributed by atoms with Crippen molar-refractivity contribution in [3.63, 3.8) is 0 Å². The third kappa shape index (κ3) is 13.0. The zero-order valence-electron chi connectivity index (χ0n) is 26.4. The Morgan fingerprint density at radius 2 is 1.62 bits per heavy atom. The van der Waals surface area contributed by atoms with E-state index in [0.717, 1.165) is 0 Å². The van der Waals surface area contributed by atoms with Crippen LogP contribution in [0.1, 0.15) is 62.0 Å². The summed E-state index contributed by atoms with van der Waals surface area (Å²) in [6.45, 7) is 3.65. The number of aliphatic hydroxyl groups is 1. The first kappa shape index (κ1) is 40.9. The second kappa shape index (κ2) is 18.5. The monoisotopic (exact) mass is 717 g/mol. The molecule has 3 amide bonds. The summed E-state index contributed by atoms with van der Waals surface area (Å²) in [6, 6.07) is 5.47. The lowest BCUT2D eigenvalue weighted by atomic mass is 9.75. The Balaban J connectivity index is 1.90. The van der Waals surface area contributed by atoms with Crippen molar-refractivity contribution in [1.82, 2.24) is 25.9 Å². The van der Waals surface area contributed by atoms with Gasteiger partial charge in [-0.25, -0.2) is 4.98 Å². The van der Waals surface area contributed by atoms with E-state index in [1.165, 1.54) is 18.6 Å². The number of nitrogens with zero attached hydrogens (tertiary/aromatic N) is 2. The van der Waals surface area contributed by atoms with Crippen LogP contribution in [0.15, 0.2) is 42.9 Å². The second-order valence-corrected chi connectivity index (χ2v) is 15.4. The highest BCUT2D eigenvalue weighted by Gasteiger charge is 2.58. The number of aromatic nitrogens is 2. The minimum atomic E-state index is -5.56. The first-order valence-corrected chi connectivity index (χ1v) is 18.1. The molecule has 266 valence electrons. The molecule has 0 fully saturated rings. The van der Waals surface area contributed by atoms with Gasteiger partial charge in [0.15, 0.2) is 0 Å². The van der Waals surface area contributed by atoms with Crippen molar-refractivity contribution in [1.29, 1.82) is 0 Å². The average molecular weight is 717 g/mol. The zero-order chi connectivity index (χ0) is 36.1. The second-order valence-electron chi connectivity index (χ2n) is 11.4. The number of ether oxygens (including phenoxy) is 1. The molecule has 2 aromatic rings. The molecule has 21 heteroatoms. The maximum absolute atomic E-state index is 13.2. The van der Waals surface area contributed by atoms with E-state index >= 15 is 0 Å². The number of carbonyl (C=O) groups is 3. The van der Waals surface area contributed by atoms with Gasteiger partial charge in [-0.1, -0.05) is 26.0 Å². The quantitative estimate of drug-likeness (QED) is 0.0466. The Morgan fingerprint density at radius 3 is 2.17 bits per heavy atom. The van der Waals surface area contributed by atoms with Gasteiger partial charge in [0.25, 0.3) is 11.0 Å². The number of nitrogens with one attached hydrogen (secondary N) is 3. The number of carbonyl (C=O) groups excluding carboxylic acids is 3. The number of amides is 3. The van der Waals surface area contributed by atoms with Crippen molar-refractivity contribution in [2.75, 3.05) is 13.2 Å². The molecule has 1 aromatic carbocycles. The van der Waals surface area contributed by atoms with Gasteiger partial charge in [0.05, 0.1) is 18.7 Å². The molecular formula is C27H42BN5O13P2. The standard InChI is InChI=1S/C27H42BN5O13P2/c1-18(2)15-23(28(38)39)33-25(35)21(32-26(36)22-17-29-12-13-30-22)16-19-6-8-20(9-7-19)46-14-3-5-24(34)31-11-4-10-27(37,47(40,41)42)48(43,44)45/h6-9,12-13,17-18,21,23,37-39H,3-5,10-11,14-16H2,1-2H3,(H,31,34)(H,32,36)(H,33,35)(H2,40,41,42)(H2,43,44,45)/t21-,23-/m0/s1. The van der Waals surface area contributed by atoms with Crippen LogP contribution in [0.3, 0.4) is 0 Å². The number of benzene rings is 1. The van der Waals surface area contributed by atoms with Gasteiger partial charge in [0.2, 0.25) is 11.8 Å². The summed E-state index contributed by atoms with van der Waals surface area (Å²) < 4.78 is 28.4. The highest BCUT2D eigenvalue weighted by Crippen LogP contribution is 2.69. The number of hydrogen-bond donors (Lipinski definition) is 10. The van der Waals surface area contributed by atoms with Crippen LogP contribution in [0, 0.1) is 5.92 Å². The van der Waals surface area contributed by atoms with E-state index in [0.29, 0.717) is 11.3 Å². The fourth-order valence-corrected chi connectivity index (χ4v) is 6.64. The van der Waals surface area contributed by atoms with E-state index in [9.17, 15) is 38.7 Å². The fourth-order valence-electron chi connectivity index (χ4n) is 4.39. The molecule has 2 atom stereocenters. The molecule has 0 aliphatic heterocycles. The van der Waals surface area contributed by atoms with Crippen LogP contribution in [-0.4, -0.2) is 99.8 Å². The van der Waals surface area contributed by atoms with Crippen LogP contribution >= 0.6 is 15.2 Å². The van der Waals surface area contributed by atoms with Crippen molar-refractivity contribution < 1.29 is 63.0 Å². The molecule has 1 heterocycles. The molecule has 0 aliphatic carbocycles. The average Bonchev–Trinajstić information content (AvgIpc) is 3.00. The summed E-state index contributed by atoms with van der Waals surface area (Å²) in [5.41, 5.74) is 0.622. The van der Waals surface area contributed by atoms with Crippen molar-refractivity contribution in [2.24, 2.45) is 5.92 Å². The van der Waals surface area contributed by atoms with Crippen LogP contribution < -0.4 is 20.7 Å². The highest BCUT2D eigenvalue weighted by atomic mass is 31.2. The predicted octanol–water partition coefficient (Wildman–Crippen LogP) is -0.582. The molecule has 0 unspecified atom stereocenters. The molecule has 0 saturated heterocycles. The maximum Gasteiger partial charge on any atom is 0.475 e. The van der Waals surface area contributed by atoms with Crippen molar-refractivity contribution >= 4 is 40.0 Å². The summed E-state index contributed by atoms with van der Waals surface area (Å²) in [6.07, 6.45) is 3.30. The van der Waals surface area contributed by atoms with Crippen molar-refractivity contribution in [3.8, 4) is 5.75 Å². The smallest absolute Gasteiger partial charge is 0.475 e. The van der Waals surface area contributed by atoms with E-state index in [-0.39, 0.29) is 56.9 Å². The van der Waals surface area contributed by atoms with Gasteiger partial charge >= 0.3 is 22.3 Å². The van der Waals surface area contributed by atoms with Gasteiger partial charge in [0, 0.05) is 38.2 Å². The lowest BCUT2D eigenvalue weighted by Crippen LogP contribution is -2.55. The molecule has 0 aliphatic rings. The summed E-state index contributed by atoms with van der Waals surface area (Å²) in [5.74, 6) is -2.22. The Kier molecular flexibility index (Phi) is 15.8. The Bertz CT molecular complexity index is 1420. The first-order valence-electron chi connectivity index (χ1n) is 14.9. The Morgan fingerprint density at radius 1 is 0.979 bits per heavy atom. The van der Waals surface area contributed by atoms with Crippen LogP contribution in [0.4, 0.5) is 0 Å². The fraction of sp³-hybridized carbons (Fsp3) is 0.519. The van der Waals surface area contributed by atoms with Gasteiger partial charge in [-0.15, -0.1) is 0 Å². The normalized spacial score (nSPS) is 13.4. The molecule has 10 N–H and O–H groups in total. The zero-order valence-corrected chi connectivity index (χ0v) is 28.2. The van der Waals surface area contributed by atoms with Gasteiger partial charge in [0.1, 0.15) is 17.5 Å². The van der Waals surface area contributed by atoms with Gasteiger partial charge in [-0.2, -0.15) is 0 Å². The minimum Gasteiger partial charge on any atom is -0.494 e. The van der Waals surface area contributed by atoms with Crippen LogP contribution in [0.25, 0.3) is 0 Å². The van der Waals surface area contributed by atoms with Crippen LogP contribution in [-0.2, 0) is 25.1 Å². The van der Waals surface area contributed by atoms with E-state index in [1.807, 2.05) is 13.8 Å². The molecule has 0 bridgehead atoms. The molecule has 0 radical (unpaired) electrons. The maximum atomic E-state index is 13.2. The van der Waals surface area contributed by atoms with E-state index in [1.54, 1.807) is 24.3 Å². The Labute approximate surface area is 277 Å². The minimum absolute atomic E-state index is 0.00194. The molecule has 1 aromatic heterocycles. The van der Waals surface area contributed by atoms with E-state index < -0.39 is 63.5 Å². The summed E-state index contributed by atoms with van der Waals surface area (Å²) >= 11 is 0. The lowest BCUT2D eigenvalue weighted by molar-refractivity contribution is -0.123. The predicted molar refractivity (Wildman–Crippen MR) is 171 cm³/mol. The molecule has 2 rings (SSSR count). The molecule has 0 spiro atoms. The highest BCUT2D eigenvalue weighted by molar-refractivity contribution is 7.72. The summed E-state index contributed by atoms with van der Waals surface area (Å²) in [7, 11) is -12.9. The summed E-state index contributed by atoms with van der Waals surface area (Å²) in [4.78, 5) is 82.4. The van der Waals surface area contributed by atoms with E-state index in [4.69, 9.17) is 24.3 Å². The molecular weight excluding hydrogens is 675 g/mol. The number of hydrogen-bond acceptors (Lipinski definition) is 11. The summed E-state index contributed by atoms with van der Waals surface area (Å²) in [5, 5.41) is 33.5. The Hall–Kier alpha value is -3.25. The largest absolute Gasteiger partial charge is 0.494 e. The molecule has 48 heavy (non-hydrogen) atoms. The molecule has 18 nitrogen and oxygen atoms in total. The third-order valence-corrected chi connectivity index (χ3v) is 10.8. The number of rotatable bonds is 20. The van der Waals surface area contributed by atoms with Crippen LogP contribution in [0.5, 0.6) is 5.75 Å². The lowest BCUT2D eigenvalue weighted by Gasteiger charge is -2.29. The van der Waals surface area contributed by atoms with Crippen molar-refractivity contribution in [3.05, 3.63) is 54.1 Å². The van der Waals surface area contributed by atoms with Gasteiger partial charge in [-0.3, -0.25) is 28.5 Å². The van der Waals surface area contributed by atoms with Crippen molar-refractivity contribution in [2.45, 2.75) is 69.4 Å². The van der Waals surface area contributed by atoms with Gasteiger partial charge < -0.3 is 55.4 Å². The van der Waals surface area contributed by atoms with Gasteiger partial charge in [-0.05, 0) is 42.9 Å².